The molecule has 1 aliphatic rings. The van der Waals surface area contributed by atoms with Gasteiger partial charge in [0.15, 0.2) is 5.65 Å². The van der Waals surface area contributed by atoms with Gasteiger partial charge in [-0.25, -0.2) is 9.97 Å². The molecule has 0 saturated carbocycles. The van der Waals surface area contributed by atoms with Crippen molar-refractivity contribution in [1.82, 2.24) is 29.8 Å². The second-order valence-electron chi connectivity index (χ2n) is 7.65. The largest absolute Gasteiger partial charge is 0.349 e. The first-order valence-corrected chi connectivity index (χ1v) is 10.4. The lowest BCUT2D eigenvalue weighted by molar-refractivity contribution is 0.0942. The van der Waals surface area contributed by atoms with Crippen LogP contribution < -0.4 is 5.32 Å². The fourth-order valence-electron chi connectivity index (χ4n) is 3.86. The van der Waals surface area contributed by atoms with E-state index in [2.05, 4.69) is 27.2 Å². The minimum Gasteiger partial charge on any atom is -0.349 e. The Bertz CT molecular complexity index is 1000. The number of aromatic nitrogens is 4. The van der Waals surface area contributed by atoms with Gasteiger partial charge in [-0.3, -0.25) is 4.79 Å². The maximum absolute atomic E-state index is 12.5. The summed E-state index contributed by atoms with van der Waals surface area (Å²) in [5, 5.41) is 8.47. The fraction of sp³-hybridized carbons (Fsp3) is 0.579. The van der Waals surface area contributed by atoms with Crippen LogP contribution in [0, 0.1) is 6.92 Å². The summed E-state index contributed by atoms with van der Waals surface area (Å²) >= 11 is 1.77. The van der Waals surface area contributed by atoms with E-state index in [-0.39, 0.29) is 11.7 Å². The highest BCUT2D eigenvalue weighted by Gasteiger charge is 2.26. The number of hydrogen-bond donors (Lipinski definition) is 1. The number of carbonyl (C=O) groups is 1. The summed E-state index contributed by atoms with van der Waals surface area (Å²) in [5.74, 6) is 1.27. The summed E-state index contributed by atoms with van der Waals surface area (Å²) in [7, 11) is 4.05. The molecule has 0 aromatic carbocycles. The third kappa shape index (κ3) is 3.32. The number of hydrogen-bond acceptors (Lipinski definition) is 6. The van der Waals surface area contributed by atoms with Gasteiger partial charge >= 0.3 is 0 Å². The summed E-state index contributed by atoms with van der Waals surface area (Å²) in [6, 6.07) is 0. The molecule has 27 heavy (non-hydrogen) atoms. The molecule has 1 N–H and O–H groups in total. The molecule has 0 bridgehead atoms. The smallest absolute Gasteiger partial charge is 0.290 e. The number of nitrogens with one attached hydrogen (secondary N) is 1. The summed E-state index contributed by atoms with van der Waals surface area (Å²) in [6.07, 6.45) is 4.42. The SMILES string of the molecule is Cc1nc2sc3c(c2c2nc(C(=O)NCCCN(C)C)nn12)[C@H](C)CCC3. The lowest BCUT2D eigenvalue weighted by Crippen LogP contribution is -2.28. The summed E-state index contributed by atoms with van der Waals surface area (Å²) in [6.45, 7) is 5.74. The molecule has 0 spiro atoms. The van der Waals surface area contributed by atoms with Crippen molar-refractivity contribution in [2.45, 2.75) is 45.4 Å². The van der Waals surface area contributed by atoms with Gasteiger partial charge in [-0.2, -0.15) is 4.52 Å². The van der Waals surface area contributed by atoms with E-state index in [9.17, 15) is 4.79 Å². The van der Waals surface area contributed by atoms with Gasteiger partial charge in [0.1, 0.15) is 10.7 Å². The number of thiophene rings is 1. The summed E-state index contributed by atoms with van der Waals surface area (Å²) in [5.41, 5.74) is 2.13. The van der Waals surface area contributed by atoms with Gasteiger partial charge in [0.25, 0.3) is 5.91 Å². The minimum atomic E-state index is -0.220. The van der Waals surface area contributed by atoms with E-state index in [4.69, 9.17) is 4.98 Å². The number of amides is 1. The van der Waals surface area contributed by atoms with E-state index in [0.29, 0.717) is 12.5 Å². The van der Waals surface area contributed by atoms with Gasteiger partial charge < -0.3 is 10.2 Å². The fourth-order valence-corrected chi connectivity index (χ4v) is 5.23. The van der Waals surface area contributed by atoms with Crippen LogP contribution in [0.5, 0.6) is 0 Å². The topological polar surface area (TPSA) is 75.4 Å². The molecule has 0 aliphatic heterocycles. The van der Waals surface area contributed by atoms with Crippen molar-refractivity contribution in [2.24, 2.45) is 0 Å². The molecule has 144 valence electrons. The monoisotopic (exact) mass is 386 g/mol. The van der Waals surface area contributed by atoms with E-state index in [1.807, 2.05) is 21.0 Å². The average Bonchev–Trinajstić information content (AvgIpc) is 3.20. The Hall–Kier alpha value is -2.06. The lowest BCUT2D eigenvalue weighted by Gasteiger charge is -2.18. The third-order valence-electron chi connectivity index (χ3n) is 5.21. The first kappa shape index (κ1) is 18.3. The highest BCUT2D eigenvalue weighted by molar-refractivity contribution is 7.19. The lowest BCUT2D eigenvalue weighted by atomic mass is 9.87. The van der Waals surface area contributed by atoms with Crippen molar-refractivity contribution in [3.8, 4) is 0 Å². The number of rotatable bonds is 5. The van der Waals surface area contributed by atoms with Gasteiger partial charge in [-0.15, -0.1) is 16.4 Å². The summed E-state index contributed by atoms with van der Waals surface area (Å²) in [4.78, 5) is 26.4. The zero-order valence-corrected chi connectivity index (χ0v) is 17.2. The third-order valence-corrected chi connectivity index (χ3v) is 6.37. The van der Waals surface area contributed by atoms with Crippen molar-refractivity contribution in [1.29, 1.82) is 0 Å². The zero-order chi connectivity index (χ0) is 19.1. The molecular formula is C19H26N6OS. The van der Waals surface area contributed by atoms with Crippen LogP contribution in [-0.2, 0) is 6.42 Å². The minimum absolute atomic E-state index is 0.220. The number of aryl methyl sites for hydroxylation is 2. The predicted molar refractivity (Wildman–Crippen MR) is 108 cm³/mol. The molecule has 1 aliphatic carbocycles. The molecule has 3 aromatic heterocycles. The number of fused-ring (bicyclic) bond motifs is 5. The molecule has 0 radical (unpaired) electrons. The highest BCUT2D eigenvalue weighted by atomic mass is 32.1. The van der Waals surface area contributed by atoms with Crippen molar-refractivity contribution < 1.29 is 4.79 Å². The van der Waals surface area contributed by atoms with Crippen LogP contribution in [0.3, 0.4) is 0 Å². The molecule has 0 unspecified atom stereocenters. The molecule has 7 nitrogen and oxygen atoms in total. The van der Waals surface area contributed by atoms with Gasteiger partial charge in [0.2, 0.25) is 5.82 Å². The van der Waals surface area contributed by atoms with Crippen LogP contribution in [0.25, 0.3) is 15.9 Å². The molecular weight excluding hydrogens is 360 g/mol. The Morgan fingerprint density at radius 2 is 2.19 bits per heavy atom. The summed E-state index contributed by atoms with van der Waals surface area (Å²) < 4.78 is 1.73. The van der Waals surface area contributed by atoms with E-state index in [1.165, 1.54) is 23.3 Å². The Morgan fingerprint density at radius 1 is 1.37 bits per heavy atom. The molecule has 0 saturated heterocycles. The molecule has 3 aromatic rings. The Labute approximate surface area is 162 Å². The van der Waals surface area contributed by atoms with E-state index < -0.39 is 0 Å². The molecule has 8 heteroatoms. The van der Waals surface area contributed by atoms with Crippen LogP contribution in [-0.4, -0.2) is 57.6 Å². The van der Waals surface area contributed by atoms with Gasteiger partial charge in [0, 0.05) is 11.4 Å². The Balaban J connectivity index is 1.71. The van der Waals surface area contributed by atoms with Crippen LogP contribution in [0.15, 0.2) is 0 Å². The van der Waals surface area contributed by atoms with E-state index in [1.54, 1.807) is 15.9 Å². The van der Waals surface area contributed by atoms with Crippen LogP contribution in [0.4, 0.5) is 0 Å². The molecule has 3 heterocycles. The maximum Gasteiger partial charge on any atom is 0.290 e. The first-order chi connectivity index (χ1) is 13.0. The van der Waals surface area contributed by atoms with Crippen LogP contribution in [0.1, 0.15) is 59.0 Å². The second-order valence-corrected chi connectivity index (χ2v) is 8.74. The maximum atomic E-state index is 12.5. The normalized spacial score (nSPS) is 17.0. The molecule has 0 fully saturated rings. The quantitative estimate of drug-likeness (QED) is 0.683. The van der Waals surface area contributed by atoms with E-state index >= 15 is 0 Å². The van der Waals surface area contributed by atoms with Crippen molar-refractivity contribution in [3.63, 3.8) is 0 Å². The van der Waals surface area contributed by atoms with Crippen LogP contribution >= 0.6 is 11.3 Å². The first-order valence-electron chi connectivity index (χ1n) is 9.57. The van der Waals surface area contributed by atoms with Crippen LogP contribution in [0.2, 0.25) is 0 Å². The molecule has 1 atom stereocenters. The Kier molecular flexibility index (Phi) is 4.86. The van der Waals surface area contributed by atoms with Crippen molar-refractivity contribution >= 4 is 33.1 Å². The van der Waals surface area contributed by atoms with Crippen molar-refractivity contribution in [2.75, 3.05) is 27.2 Å². The molecule has 4 rings (SSSR count). The van der Waals surface area contributed by atoms with Gasteiger partial charge in [0.05, 0.1) is 5.39 Å². The van der Waals surface area contributed by atoms with Gasteiger partial charge in [-0.1, -0.05) is 6.92 Å². The zero-order valence-electron chi connectivity index (χ0n) is 16.4. The molecule has 1 amide bonds. The second kappa shape index (κ2) is 7.16. The Morgan fingerprint density at radius 3 is 2.96 bits per heavy atom. The predicted octanol–water partition coefficient (Wildman–Crippen LogP) is 2.77. The standard InChI is InChI=1S/C19H26N6OS/c1-11-7-5-8-13-14(11)15-17-22-16(18(26)20-9-6-10-24(3)4)23-25(17)12(2)21-19(15)27-13/h11H,5-10H2,1-4H3,(H,20,26)/t11-/m1/s1. The number of carbonyl (C=O) groups excluding carboxylic acids is 1. The van der Waals surface area contributed by atoms with Crippen molar-refractivity contribution in [3.05, 3.63) is 22.1 Å². The number of nitrogens with zero attached hydrogens (tertiary/aromatic N) is 5. The average molecular weight is 387 g/mol. The van der Waals surface area contributed by atoms with Gasteiger partial charge in [-0.05, 0) is 64.7 Å². The highest BCUT2D eigenvalue weighted by Crippen LogP contribution is 2.42. The van der Waals surface area contributed by atoms with E-state index in [0.717, 1.165) is 41.1 Å².